The predicted molar refractivity (Wildman–Crippen MR) is 66.7 cm³/mol. The second-order valence-electron chi connectivity index (χ2n) is 4.70. The minimum Gasteiger partial charge on any atom is -0.289 e. The van der Waals surface area contributed by atoms with Crippen molar-refractivity contribution < 1.29 is 4.79 Å². The molecule has 0 aromatic heterocycles. The molecule has 0 heterocycles. The van der Waals surface area contributed by atoms with Crippen molar-refractivity contribution in [3.05, 3.63) is 47.0 Å². The average molecular weight is 214 g/mol. The smallest absolute Gasteiger partial charge is 0.188 e. The van der Waals surface area contributed by atoms with Gasteiger partial charge in [-0.25, -0.2) is 0 Å². The molecule has 0 saturated carbocycles. The lowest BCUT2D eigenvalue weighted by Gasteiger charge is -2.17. The molecule has 1 heteroatoms. The first kappa shape index (κ1) is 11.1. The van der Waals surface area contributed by atoms with Crippen molar-refractivity contribution in [1.29, 1.82) is 0 Å². The lowest BCUT2D eigenvalue weighted by Crippen LogP contribution is -2.05. The van der Waals surface area contributed by atoms with E-state index in [4.69, 9.17) is 0 Å². The molecule has 1 aromatic rings. The highest BCUT2D eigenvalue weighted by Gasteiger charge is 2.27. The Morgan fingerprint density at radius 1 is 1.25 bits per heavy atom. The highest BCUT2D eigenvalue weighted by Crippen LogP contribution is 2.36. The molecule has 2 rings (SSSR count). The number of ketones is 1. The van der Waals surface area contributed by atoms with Crippen LogP contribution in [-0.4, -0.2) is 5.78 Å². The zero-order valence-electron chi connectivity index (χ0n) is 10.2. The van der Waals surface area contributed by atoms with Gasteiger partial charge in [-0.2, -0.15) is 0 Å². The summed E-state index contributed by atoms with van der Waals surface area (Å²) < 4.78 is 0. The summed E-state index contributed by atoms with van der Waals surface area (Å²) in [6.45, 7) is 6.40. The van der Waals surface area contributed by atoms with Crippen LogP contribution in [0.1, 0.15) is 49.0 Å². The van der Waals surface area contributed by atoms with Crippen LogP contribution in [0.3, 0.4) is 0 Å². The summed E-state index contributed by atoms with van der Waals surface area (Å²) in [5.74, 6) is 1.20. The summed E-state index contributed by atoms with van der Waals surface area (Å²) in [7, 11) is 0. The molecular formula is C15H18O. The predicted octanol–water partition coefficient (Wildman–Crippen LogP) is 3.96. The Balaban J connectivity index is 2.60. The van der Waals surface area contributed by atoms with Gasteiger partial charge in [0, 0.05) is 5.56 Å². The van der Waals surface area contributed by atoms with Gasteiger partial charge in [-0.1, -0.05) is 44.2 Å². The molecule has 84 valence electrons. The first-order valence-corrected chi connectivity index (χ1v) is 5.94. The van der Waals surface area contributed by atoms with Gasteiger partial charge in [0.1, 0.15) is 0 Å². The monoisotopic (exact) mass is 214 g/mol. The Hall–Kier alpha value is -1.37. The molecule has 0 bridgehead atoms. The molecule has 0 radical (unpaired) electrons. The van der Waals surface area contributed by atoms with Gasteiger partial charge < -0.3 is 0 Å². The van der Waals surface area contributed by atoms with Crippen molar-refractivity contribution in [2.24, 2.45) is 5.92 Å². The fourth-order valence-electron chi connectivity index (χ4n) is 2.45. The second kappa shape index (κ2) is 4.25. The molecule has 1 aliphatic carbocycles. The third kappa shape index (κ3) is 1.71. The Morgan fingerprint density at radius 3 is 2.62 bits per heavy atom. The number of carbonyl (C=O) groups excluding carboxylic acids is 1. The van der Waals surface area contributed by atoms with Crippen LogP contribution >= 0.6 is 0 Å². The summed E-state index contributed by atoms with van der Waals surface area (Å²) in [5, 5.41) is 0. The van der Waals surface area contributed by atoms with Crippen LogP contribution in [0.15, 0.2) is 35.9 Å². The minimum absolute atomic E-state index is 0.217. The van der Waals surface area contributed by atoms with E-state index in [9.17, 15) is 4.79 Å². The lowest BCUT2D eigenvalue weighted by atomic mass is 9.87. The van der Waals surface area contributed by atoms with Crippen molar-refractivity contribution in [3.63, 3.8) is 0 Å². The second-order valence-corrected chi connectivity index (χ2v) is 4.70. The molecule has 1 nitrogen and oxygen atoms in total. The maximum Gasteiger partial charge on any atom is 0.188 e. The molecule has 0 saturated heterocycles. The van der Waals surface area contributed by atoms with Crippen molar-refractivity contribution in [1.82, 2.24) is 0 Å². The van der Waals surface area contributed by atoms with Crippen molar-refractivity contribution in [2.45, 2.75) is 33.1 Å². The molecule has 0 N–H and O–H groups in total. The van der Waals surface area contributed by atoms with Crippen molar-refractivity contribution >= 4 is 5.78 Å². The summed E-state index contributed by atoms with van der Waals surface area (Å²) >= 11 is 0. The van der Waals surface area contributed by atoms with E-state index >= 15 is 0 Å². The molecule has 0 aliphatic heterocycles. The van der Waals surface area contributed by atoms with Gasteiger partial charge in [0.15, 0.2) is 5.78 Å². The zero-order valence-corrected chi connectivity index (χ0v) is 10.2. The highest BCUT2D eigenvalue weighted by atomic mass is 16.1. The Bertz CT molecular complexity index is 443. The van der Waals surface area contributed by atoms with Crippen LogP contribution in [0.5, 0.6) is 0 Å². The summed E-state index contributed by atoms with van der Waals surface area (Å²) in [4.78, 5) is 12.3. The molecule has 0 spiro atoms. The number of fused-ring (bicyclic) bond motifs is 1. The van der Waals surface area contributed by atoms with Gasteiger partial charge >= 0.3 is 0 Å². The Kier molecular flexibility index (Phi) is 2.95. The standard InChI is InChI=1S/C15H18O/c1-4-12-9-10(2)11(3)13-7-5-6-8-14(13)15(12)16/h4-8,10-11H,9H2,1-3H3/b12-4+. The van der Waals surface area contributed by atoms with Gasteiger partial charge in [-0.15, -0.1) is 0 Å². The summed E-state index contributed by atoms with van der Waals surface area (Å²) in [6, 6.07) is 8.02. The topological polar surface area (TPSA) is 17.1 Å². The largest absolute Gasteiger partial charge is 0.289 e. The van der Waals surface area contributed by atoms with E-state index in [2.05, 4.69) is 19.9 Å². The van der Waals surface area contributed by atoms with Crippen molar-refractivity contribution in [3.8, 4) is 0 Å². The Morgan fingerprint density at radius 2 is 1.94 bits per heavy atom. The van der Waals surface area contributed by atoms with Gasteiger partial charge in [0.2, 0.25) is 0 Å². The molecular weight excluding hydrogens is 196 g/mol. The van der Waals surface area contributed by atoms with Gasteiger partial charge in [0.05, 0.1) is 0 Å². The minimum atomic E-state index is 0.217. The highest BCUT2D eigenvalue weighted by molar-refractivity contribution is 6.10. The van der Waals surface area contributed by atoms with E-state index in [1.54, 1.807) is 0 Å². The molecule has 16 heavy (non-hydrogen) atoms. The number of allylic oxidation sites excluding steroid dienone is 2. The maximum absolute atomic E-state index is 12.3. The van der Waals surface area contributed by atoms with E-state index < -0.39 is 0 Å². The fourth-order valence-corrected chi connectivity index (χ4v) is 2.45. The van der Waals surface area contributed by atoms with E-state index in [1.165, 1.54) is 5.56 Å². The SMILES string of the molecule is C/C=C1\CC(C)C(C)c2ccccc2C1=O. The molecule has 2 unspecified atom stereocenters. The van der Waals surface area contributed by atoms with Crippen LogP contribution in [0.2, 0.25) is 0 Å². The maximum atomic E-state index is 12.3. The number of rotatable bonds is 0. The van der Waals surface area contributed by atoms with Crippen LogP contribution in [0.4, 0.5) is 0 Å². The van der Waals surface area contributed by atoms with E-state index in [-0.39, 0.29) is 5.78 Å². The summed E-state index contributed by atoms with van der Waals surface area (Å²) in [5.41, 5.74) is 3.06. The first-order valence-electron chi connectivity index (χ1n) is 5.94. The van der Waals surface area contributed by atoms with E-state index in [0.717, 1.165) is 17.6 Å². The van der Waals surface area contributed by atoms with Crippen LogP contribution in [0, 0.1) is 5.92 Å². The Labute approximate surface area is 97.2 Å². The van der Waals surface area contributed by atoms with E-state index in [0.29, 0.717) is 11.8 Å². The van der Waals surface area contributed by atoms with Crippen LogP contribution in [0.25, 0.3) is 0 Å². The average Bonchev–Trinajstić information content (AvgIpc) is 2.41. The van der Waals surface area contributed by atoms with Crippen LogP contribution in [-0.2, 0) is 0 Å². The third-order valence-corrected chi connectivity index (χ3v) is 3.73. The molecule has 0 fully saturated rings. The quantitative estimate of drug-likeness (QED) is 0.472. The van der Waals surface area contributed by atoms with Gasteiger partial charge in [-0.3, -0.25) is 4.79 Å². The molecule has 1 aliphatic rings. The molecule has 1 aromatic carbocycles. The van der Waals surface area contributed by atoms with Gasteiger partial charge in [-0.05, 0) is 36.3 Å². The molecule has 2 atom stereocenters. The zero-order chi connectivity index (χ0) is 11.7. The fraction of sp³-hybridized carbons (Fsp3) is 0.400. The van der Waals surface area contributed by atoms with Crippen molar-refractivity contribution in [2.75, 3.05) is 0 Å². The lowest BCUT2D eigenvalue weighted by molar-refractivity contribution is 0.103. The molecule has 0 amide bonds. The normalized spacial score (nSPS) is 27.7. The number of hydrogen-bond acceptors (Lipinski definition) is 1. The first-order chi connectivity index (χ1) is 7.65. The van der Waals surface area contributed by atoms with Crippen LogP contribution < -0.4 is 0 Å². The third-order valence-electron chi connectivity index (χ3n) is 3.73. The summed E-state index contributed by atoms with van der Waals surface area (Å²) in [6.07, 6.45) is 2.86. The van der Waals surface area contributed by atoms with E-state index in [1.807, 2.05) is 31.2 Å². The number of benzene rings is 1. The number of hydrogen-bond donors (Lipinski definition) is 0. The number of Topliss-reactive ketones (excluding diaryl/α,β-unsaturated/α-hetero) is 1. The number of carbonyl (C=O) groups is 1. The van der Waals surface area contributed by atoms with Gasteiger partial charge in [0.25, 0.3) is 0 Å².